The number of ether oxygens (including phenoxy) is 2. The lowest BCUT2D eigenvalue weighted by Crippen LogP contribution is -2.25. The lowest BCUT2D eigenvalue weighted by atomic mass is 10.1. The molecule has 0 amide bonds. The Morgan fingerprint density at radius 2 is 1.00 bits per heavy atom. The molecule has 4 aromatic carbocycles. The molecular formula is C33H28O5. The third-order valence-corrected chi connectivity index (χ3v) is 5.62. The SMILES string of the molecule is O=C(/C=C\c1ccc(OC[C@@H](O)COc2ccc(C(=O)/C=C\c3ccccc3)cc2)cc1)c1ccccc1. The van der Waals surface area contributed by atoms with Crippen molar-refractivity contribution in [1.29, 1.82) is 0 Å². The van der Waals surface area contributed by atoms with E-state index >= 15 is 0 Å². The van der Waals surface area contributed by atoms with Crippen LogP contribution >= 0.6 is 0 Å². The predicted molar refractivity (Wildman–Crippen MR) is 149 cm³/mol. The minimum absolute atomic E-state index is 0.0453. The zero-order valence-electron chi connectivity index (χ0n) is 20.8. The topological polar surface area (TPSA) is 72.8 Å². The summed E-state index contributed by atoms with van der Waals surface area (Å²) in [5.41, 5.74) is 3.01. The zero-order valence-corrected chi connectivity index (χ0v) is 20.8. The quantitative estimate of drug-likeness (QED) is 0.181. The smallest absolute Gasteiger partial charge is 0.185 e. The summed E-state index contributed by atoms with van der Waals surface area (Å²) < 4.78 is 11.3. The lowest BCUT2D eigenvalue weighted by molar-refractivity contribution is 0.0626. The van der Waals surface area contributed by atoms with Crippen LogP contribution in [0.15, 0.2) is 121 Å². The molecular weight excluding hydrogens is 476 g/mol. The molecule has 0 bridgehead atoms. The molecule has 0 fully saturated rings. The number of carbonyl (C=O) groups is 2. The fourth-order valence-electron chi connectivity index (χ4n) is 3.53. The van der Waals surface area contributed by atoms with Gasteiger partial charge in [-0.25, -0.2) is 0 Å². The van der Waals surface area contributed by atoms with E-state index in [1.54, 1.807) is 66.8 Å². The number of benzene rings is 4. The molecule has 0 saturated carbocycles. The van der Waals surface area contributed by atoms with E-state index in [1.165, 1.54) is 6.08 Å². The van der Waals surface area contributed by atoms with Crippen LogP contribution in [0.1, 0.15) is 31.8 Å². The number of aliphatic hydroxyl groups is 1. The fourth-order valence-corrected chi connectivity index (χ4v) is 3.53. The Labute approximate surface area is 222 Å². The summed E-state index contributed by atoms with van der Waals surface area (Å²) in [7, 11) is 0. The van der Waals surface area contributed by atoms with E-state index in [1.807, 2.05) is 60.7 Å². The Morgan fingerprint density at radius 1 is 0.579 bits per heavy atom. The van der Waals surface area contributed by atoms with E-state index in [2.05, 4.69) is 0 Å². The highest BCUT2D eigenvalue weighted by Crippen LogP contribution is 2.16. The standard InChI is InChI=1S/C33H28O5/c34-29(23-37-30-17-11-26(12-18-30)14-22-32(35)27-9-5-2-6-10-27)24-38-31-19-15-28(16-20-31)33(36)21-13-25-7-3-1-4-8-25/h1-22,29,34H,23-24H2/b21-13-,22-14-/t29-/m1/s1. The summed E-state index contributed by atoms with van der Waals surface area (Å²) in [6.45, 7) is 0.103. The Kier molecular flexibility index (Phi) is 9.38. The second-order valence-corrected chi connectivity index (χ2v) is 8.54. The van der Waals surface area contributed by atoms with Gasteiger partial charge in [0.1, 0.15) is 30.8 Å². The Balaban J connectivity index is 1.19. The molecule has 0 aliphatic carbocycles. The van der Waals surface area contributed by atoms with E-state index < -0.39 is 6.10 Å². The number of rotatable bonds is 12. The van der Waals surface area contributed by atoms with Crippen molar-refractivity contribution in [1.82, 2.24) is 0 Å². The van der Waals surface area contributed by atoms with E-state index in [0.717, 1.165) is 11.1 Å². The third-order valence-electron chi connectivity index (χ3n) is 5.62. The van der Waals surface area contributed by atoms with Crippen LogP contribution in [0.2, 0.25) is 0 Å². The van der Waals surface area contributed by atoms with Crippen LogP contribution in [0.5, 0.6) is 11.5 Å². The Morgan fingerprint density at radius 3 is 1.53 bits per heavy atom. The molecule has 5 heteroatoms. The van der Waals surface area contributed by atoms with Gasteiger partial charge in [-0.3, -0.25) is 9.59 Å². The molecule has 0 heterocycles. The monoisotopic (exact) mass is 504 g/mol. The highest BCUT2D eigenvalue weighted by Gasteiger charge is 2.08. The van der Waals surface area contributed by atoms with Gasteiger partial charge in [-0.1, -0.05) is 84.9 Å². The van der Waals surface area contributed by atoms with Crippen molar-refractivity contribution in [3.05, 3.63) is 144 Å². The van der Waals surface area contributed by atoms with Gasteiger partial charge >= 0.3 is 0 Å². The first-order valence-electron chi connectivity index (χ1n) is 12.3. The number of allylic oxidation sites excluding steroid dienone is 2. The molecule has 0 saturated heterocycles. The van der Waals surface area contributed by atoms with Crippen LogP contribution in [-0.4, -0.2) is 36.0 Å². The van der Waals surface area contributed by atoms with Crippen LogP contribution in [0.3, 0.4) is 0 Å². The number of hydrogen-bond acceptors (Lipinski definition) is 5. The molecule has 0 aliphatic heterocycles. The van der Waals surface area contributed by atoms with Crippen molar-refractivity contribution >= 4 is 23.7 Å². The summed E-state index contributed by atoms with van der Waals surface area (Å²) in [6, 6.07) is 32.7. The van der Waals surface area contributed by atoms with Gasteiger partial charge in [0.15, 0.2) is 11.6 Å². The number of carbonyl (C=O) groups excluding carboxylic acids is 2. The predicted octanol–water partition coefficient (Wildman–Crippen LogP) is 6.30. The third kappa shape index (κ3) is 8.15. The fraction of sp³-hybridized carbons (Fsp3) is 0.0909. The summed E-state index contributed by atoms with van der Waals surface area (Å²) in [5, 5.41) is 10.2. The minimum Gasteiger partial charge on any atom is -0.491 e. The first-order valence-corrected chi connectivity index (χ1v) is 12.3. The van der Waals surface area contributed by atoms with Crippen molar-refractivity contribution in [2.45, 2.75) is 6.10 Å². The second kappa shape index (κ2) is 13.5. The summed E-state index contributed by atoms with van der Waals surface area (Å²) in [5.74, 6) is 0.990. The van der Waals surface area contributed by atoms with Crippen LogP contribution in [0.4, 0.5) is 0 Å². The Bertz CT molecular complexity index is 1370. The molecule has 38 heavy (non-hydrogen) atoms. The first kappa shape index (κ1) is 26.3. The highest BCUT2D eigenvalue weighted by molar-refractivity contribution is 6.07. The molecule has 4 aromatic rings. The minimum atomic E-state index is -0.840. The largest absolute Gasteiger partial charge is 0.491 e. The molecule has 5 nitrogen and oxygen atoms in total. The van der Waals surface area contributed by atoms with Gasteiger partial charge in [0.05, 0.1) is 0 Å². The lowest BCUT2D eigenvalue weighted by Gasteiger charge is -2.14. The van der Waals surface area contributed by atoms with Gasteiger partial charge in [0.25, 0.3) is 0 Å². The number of ketones is 2. The van der Waals surface area contributed by atoms with Gasteiger partial charge < -0.3 is 14.6 Å². The van der Waals surface area contributed by atoms with Crippen LogP contribution in [0.25, 0.3) is 12.2 Å². The van der Waals surface area contributed by atoms with Crippen LogP contribution < -0.4 is 9.47 Å². The van der Waals surface area contributed by atoms with E-state index in [4.69, 9.17) is 9.47 Å². The molecule has 1 atom stereocenters. The molecule has 4 rings (SSSR count). The van der Waals surface area contributed by atoms with Gasteiger partial charge in [-0.15, -0.1) is 0 Å². The van der Waals surface area contributed by atoms with Crippen molar-refractivity contribution < 1.29 is 24.2 Å². The average molecular weight is 505 g/mol. The van der Waals surface area contributed by atoms with E-state index in [9.17, 15) is 14.7 Å². The highest BCUT2D eigenvalue weighted by atomic mass is 16.5. The number of hydrogen-bond donors (Lipinski definition) is 1. The Hall–Kier alpha value is -4.74. The molecule has 0 aliphatic rings. The molecule has 190 valence electrons. The maximum atomic E-state index is 12.4. The van der Waals surface area contributed by atoms with E-state index in [0.29, 0.717) is 22.6 Å². The van der Waals surface area contributed by atoms with Gasteiger partial charge in [-0.05, 0) is 59.7 Å². The average Bonchev–Trinajstić information content (AvgIpc) is 2.98. The molecule has 1 N–H and O–H groups in total. The second-order valence-electron chi connectivity index (χ2n) is 8.54. The van der Waals surface area contributed by atoms with Gasteiger partial charge in [-0.2, -0.15) is 0 Å². The normalized spacial score (nSPS) is 11.9. The molecule has 0 radical (unpaired) electrons. The van der Waals surface area contributed by atoms with Crippen LogP contribution in [-0.2, 0) is 0 Å². The summed E-state index contributed by atoms with van der Waals surface area (Å²) >= 11 is 0. The van der Waals surface area contributed by atoms with E-state index in [-0.39, 0.29) is 24.8 Å². The maximum absolute atomic E-state index is 12.4. The molecule has 0 spiro atoms. The maximum Gasteiger partial charge on any atom is 0.185 e. The number of aliphatic hydroxyl groups excluding tert-OH is 1. The zero-order chi connectivity index (χ0) is 26.6. The van der Waals surface area contributed by atoms with Crippen LogP contribution in [0, 0.1) is 0 Å². The van der Waals surface area contributed by atoms with Crippen molar-refractivity contribution in [2.75, 3.05) is 13.2 Å². The van der Waals surface area contributed by atoms with Gasteiger partial charge in [0, 0.05) is 11.1 Å². The summed E-state index contributed by atoms with van der Waals surface area (Å²) in [6.07, 6.45) is 5.77. The van der Waals surface area contributed by atoms with Crippen molar-refractivity contribution in [2.24, 2.45) is 0 Å². The summed E-state index contributed by atoms with van der Waals surface area (Å²) in [4.78, 5) is 24.5. The molecule has 0 aromatic heterocycles. The van der Waals surface area contributed by atoms with Crippen molar-refractivity contribution in [3.63, 3.8) is 0 Å². The molecule has 0 unspecified atom stereocenters. The van der Waals surface area contributed by atoms with Crippen molar-refractivity contribution in [3.8, 4) is 11.5 Å². The first-order chi connectivity index (χ1) is 18.6. The van der Waals surface area contributed by atoms with Gasteiger partial charge in [0.2, 0.25) is 0 Å².